The van der Waals surface area contributed by atoms with E-state index in [2.05, 4.69) is 0 Å². The van der Waals surface area contributed by atoms with Crippen molar-refractivity contribution in [3.8, 4) is 0 Å². The van der Waals surface area contributed by atoms with Crippen LogP contribution in [0.25, 0.3) is 0 Å². The molecule has 4 saturated carbocycles. The van der Waals surface area contributed by atoms with Crippen molar-refractivity contribution in [1.82, 2.24) is 0 Å². The number of hydrogen-bond acceptors (Lipinski definition) is 6. The van der Waals surface area contributed by atoms with Gasteiger partial charge in [-0.25, -0.2) is 15.8 Å². The summed E-state index contributed by atoms with van der Waals surface area (Å²) in [5, 5.41) is 21.5. The molecule has 0 aliphatic heterocycles. The number of alkyl halides is 1. The maximum absolute atomic E-state index is 17.4. The number of ether oxygens (including phenoxy) is 1. The van der Waals surface area contributed by atoms with Crippen molar-refractivity contribution in [2.24, 2.45) is 34.5 Å². The molecule has 4 aliphatic carbocycles. The molecule has 5 rings (SSSR count). The standard InChI is InChI=1S/C29H36FO6.Na/c1-17-13-22-21-10-9-19-14-20(32)11-12-26(19,2)28(21,30)23(33)15-27(22,3)29(17,24(34)16-31)36-25(35)18-7-5-4-6-8-18;/h4-8,16-17,19,21-23,31,33H,9-15H2,1-3H3;/q-1;+1/t17-,19+,21-,22-,23-,26-,27-,28-,29+;/m0./s1. The van der Waals surface area contributed by atoms with Crippen molar-refractivity contribution in [2.75, 3.05) is 0 Å². The van der Waals surface area contributed by atoms with Crippen molar-refractivity contribution in [3.63, 3.8) is 0 Å². The van der Waals surface area contributed by atoms with Gasteiger partial charge in [0.1, 0.15) is 11.5 Å². The van der Waals surface area contributed by atoms with E-state index in [0.29, 0.717) is 45.1 Å². The van der Waals surface area contributed by atoms with Crippen LogP contribution in [0.4, 0.5) is 4.39 Å². The Bertz CT molecular complexity index is 1080. The Kier molecular flexibility index (Phi) is 7.57. The summed E-state index contributed by atoms with van der Waals surface area (Å²) in [6.45, 7) is 5.96. The SMILES string of the molecule is C[C@H]1C[C@H]2[C@@H]3CC[C@@H]4CC(=O)CC[C@]4(C)[C@@]3(F)[C@@H](O)C[C@]2(C)[C@]1(OC(=O)c1ccccc1)C(=O)[CH-]O.[Na+]. The van der Waals surface area contributed by atoms with E-state index in [-0.39, 0.29) is 59.2 Å². The number of rotatable bonds is 4. The smallest absolute Gasteiger partial charge is 0.540 e. The molecule has 0 saturated heterocycles. The summed E-state index contributed by atoms with van der Waals surface area (Å²) in [7, 11) is 0. The van der Waals surface area contributed by atoms with Gasteiger partial charge in [0.2, 0.25) is 0 Å². The molecule has 0 spiro atoms. The third-order valence-corrected chi connectivity index (χ3v) is 10.8. The molecule has 8 heteroatoms. The number of ketones is 2. The van der Waals surface area contributed by atoms with Crippen LogP contribution in [0.2, 0.25) is 0 Å². The van der Waals surface area contributed by atoms with Crippen LogP contribution in [-0.2, 0) is 14.3 Å². The van der Waals surface area contributed by atoms with Crippen LogP contribution in [0, 0.1) is 41.1 Å². The van der Waals surface area contributed by atoms with Gasteiger partial charge in [0, 0.05) is 29.6 Å². The van der Waals surface area contributed by atoms with E-state index in [1.807, 2.05) is 20.8 Å². The van der Waals surface area contributed by atoms with E-state index in [9.17, 15) is 24.6 Å². The zero-order chi connectivity index (χ0) is 26.1. The molecule has 196 valence electrons. The fraction of sp³-hybridized carbons (Fsp3) is 0.655. The van der Waals surface area contributed by atoms with Crippen molar-refractivity contribution in [1.29, 1.82) is 0 Å². The molecule has 4 aliphatic rings. The second-order valence-corrected chi connectivity index (χ2v) is 12.2. The summed E-state index contributed by atoms with van der Waals surface area (Å²) in [4.78, 5) is 38.9. The molecule has 0 heterocycles. The van der Waals surface area contributed by atoms with E-state index in [0.717, 1.165) is 0 Å². The number of carbonyl (C=O) groups excluding carboxylic acids is 3. The number of carbonyl (C=O) groups is 3. The van der Waals surface area contributed by atoms with Gasteiger partial charge in [-0.15, -0.1) is 0 Å². The van der Waals surface area contributed by atoms with Crippen LogP contribution < -0.4 is 29.6 Å². The third-order valence-electron chi connectivity index (χ3n) is 10.8. The molecule has 0 unspecified atom stereocenters. The van der Waals surface area contributed by atoms with Crippen molar-refractivity contribution in [2.45, 2.75) is 83.1 Å². The van der Waals surface area contributed by atoms with Gasteiger partial charge in [-0.3, -0.25) is 4.79 Å². The molecule has 4 fully saturated rings. The monoisotopic (exact) mass is 522 g/mol. The van der Waals surface area contributed by atoms with Gasteiger partial charge in [-0.2, -0.15) is 0 Å². The van der Waals surface area contributed by atoms with E-state index in [1.165, 1.54) is 0 Å². The summed E-state index contributed by atoms with van der Waals surface area (Å²) in [5.41, 5.74) is -5.29. The Balaban J connectivity index is 0.00000320. The Morgan fingerprint density at radius 2 is 1.78 bits per heavy atom. The first-order valence-corrected chi connectivity index (χ1v) is 13.1. The van der Waals surface area contributed by atoms with Gasteiger partial charge in [0.05, 0.1) is 17.5 Å². The number of aliphatic hydroxyl groups is 2. The van der Waals surface area contributed by atoms with Crippen LogP contribution in [0.1, 0.15) is 76.1 Å². The molecule has 0 amide bonds. The number of halogens is 1. The summed E-state index contributed by atoms with van der Waals surface area (Å²) in [5.74, 6) is -2.77. The quantitative estimate of drug-likeness (QED) is 0.354. The van der Waals surface area contributed by atoms with Gasteiger partial charge >= 0.3 is 35.5 Å². The van der Waals surface area contributed by atoms with E-state index >= 15 is 4.39 Å². The summed E-state index contributed by atoms with van der Waals surface area (Å²) in [6.07, 6.45) is 1.20. The average Bonchev–Trinajstić information content (AvgIpc) is 3.07. The topological polar surface area (TPSA) is 101 Å². The molecule has 0 radical (unpaired) electrons. The van der Waals surface area contributed by atoms with Crippen LogP contribution >= 0.6 is 0 Å². The Hall–Kier alpha value is -1.25. The van der Waals surface area contributed by atoms with Crippen LogP contribution in [-0.4, -0.2) is 45.1 Å². The van der Waals surface area contributed by atoms with E-state index < -0.39 is 51.8 Å². The molecule has 6 nitrogen and oxygen atoms in total. The second-order valence-electron chi connectivity index (χ2n) is 12.2. The van der Waals surface area contributed by atoms with Crippen molar-refractivity contribution in [3.05, 3.63) is 42.5 Å². The molecule has 37 heavy (non-hydrogen) atoms. The summed E-state index contributed by atoms with van der Waals surface area (Å²) < 4.78 is 23.5. The fourth-order valence-corrected chi connectivity index (χ4v) is 9.04. The number of hydrogen-bond donors (Lipinski definition) is 2. The number of benzene rings is 1. The molecule has 1 aromatic rings. The second kappa shape index (κ2) is 9.74. The van der Waals surface area contributed by atoms with Gasteiger partial charge in [0.15, 0.2) is 5.60 Å². The minimum absolute atomic E-state index is 0. The van der Waals surface area contributed by atoms with Crippen molar-refractivity contribution < 1.29 is 63.3 Å². The number of Topliss-reactive ketones (excluding diaryl/α,β-unsaturated/α-hetero) is 2. The average molecular weight is 523 g/mol. The first-order chi connectivity index (χ1) is 17.0. The van der Waals surface area contributed by atoms with E-state index in [4.69, 9.17) is 4.74 Å². The largest absolute Gasteiger partial charge is 1.00 e. The van der Waals surface area contributed by atoms with Gasteiger partial charge < -0.3 is 19.7 Å². The maximum atomic E-state index is 17.4. The molecule has 1 aromatic carbocycles. The molecule has 2 N–H and O–H groups in total. The fourth-order valence-electron chi connectivity index (χ4n) is 9.04. The molecule has 0 aromatic heterocycles. The predicted molar refractivity (Wildman–Crippen MR) is 129 cm³/mol. The van der Waals surface area contributed by atoms with Crippen LogP contribution in [0.5, 0.6) is 0 Å². The Labute approximate surface area is 240 Å². The molecule has 9 atom stereocenters. The van der Waals surface area contributed by atoms with E-state index in [1.54, 1.807) is 30.3 Å². The van der Waals surface area contributed by atoms with Crippen LogP contribution in [0.3, 0.4) is 0 Å². The van der Waals surface area contributed by atoms with Crippen LogP contribution in [0.15, 0.2) is 30.3 Å². The number of aliphatic hydroxyl groups excluding tert-OH is 2. The molecular weight excluding hydrogens is 486 g/mol. The van der Waals surface area contributed by atoms with Crippen molar-refractivity contribution >= 4 is 17.5 Å². The Morgan fingerprint density at radius 1 is 1.11 bits per heavy atom. The van der Waals surface area contributed by atoms with Gasteiger partial charge in [0.25, 0.3) is 0 Å². The molecule has 0 bridgehead atoms. The Morgan fingerprint density at radius 3 is 2.43 bits per heavy atom. The summed E-state index contributed by atoms with van der Waals surface area (Å²) in [6, 6.07) is 8.35. The first-order valence-electron chi connectivity index (χ1n) is 13.1. The van der Waals surface area contributed by atoms with Gasteiger partial charge in [-0.1, -0.05) is 39.0 Å². The molecular formula is C29H36FNaO6. The van der Waals surface area contributed by atoms with Gasteiger partial charge in [-0.05, 0) is 62.0 Å². The zero-order valence-corrected chi connectivity index (χ0v) is 24.2. The number of fused-ring (bicyclic) bond motifs is 5. The minimum atomic E-state index is -1.91. The summed E-state index contributed by atoms with van der Waals surface area (Å²) >= 11 is 0. The predicted octanol–water partition coefficient (Wildman–Crippen LogP) is 1.61. The maximum Gasteiger partial charge on any atom is 1.00 e. The third kappa shape index (κ3) is 3.75. The minimum Gasteiger partial charge on any atom is -0.540 e. The number of esters is 1. The zero-order valence-electron chi connectivity index (χ0n) is 22.2. The normalized spacial score (nSPS) is 44.5. The first kappa shape index (κ1) is 28.8.